The van der Waals surface area contributed by atoms with Crippen LogP contribution in [0.5, 0.6) is 0 Å². The van der Waals surface area contributed by atoms with Crippen molar-refractivity contribution >= 4 is 0 Å². The third kappa shape index (κ3) is 5.13. The van der Waals surface area contributed by atoms with Crippen molar-refractivity contribution in [1.82, 2.24) is 15.4 Å². The summed E-state index contributed by atoms with van der Waals surface area (Å²) in [5, 5.41) is 8.20. The summed E-state index contributed by atoms with van der Waals surface area (Å²) in [6, 6.07) is 4.52. The molecule has 0 aromatic carbocycles. The molecule has 5 nitrogen and oxygen atoms in total. The van der Waals surface area contributed by atoms with Crippen LogP contribution >= 0.6 is 0 Å². The van der Waals surface area contributed by atoms with Gasteiger partial charge >= 0.3 is 0 Å². The summed E-state index contributed by atoms with van der Waals surface area (Å²) in [4.78, 5) is 9.95. The molecule has 0 amide bonds. The molecule has 31 heavy (non-hydrogen) atoms. The van der Waals surface area contributed by atoms with Crippen LogP contribution in [-0.2, 0) is 12.8 Å². The minimum absolute atomic E-state index is 0. The third-order valence-electron chi connectivity index (χ3n) is 6.27. The normalized spacial score (nSPS) is 15.5. The Morgan fingerprint density at radius 1 is 1.00 bits per heavy atom. The van der Waals surface area contributed by atoms with Crippen LogP contribution in [0.3, 0.4) is 0 Å². The Kier molecular flexibility index (Phi) is 7.79. The number of rotatable bonds is 7. The number of hydrogen-bond acceptors (Lipinski definition) is 4. The topological polar surface area (TPSA) is 62.5 Å². The summed E-state index contributed by atoms with van der Waals surface area (Å²) in [5.41, 5.74) is 12.3. The van der Waals surface area contributed by atoms with Gasteiger partial charge in [-0.15, -0.1) is 0 Å². The predicted molar refractivity (Wildman–Crippen MR) is 131 cm³/mol. The molecular formula is C26H41N5. The van der Waals surface area contributed by atoms with Gasteiger partial charge in [0.25, 0.3) is 0 Å². The zero-order valence-corrected chi connectivity index (χ0v) is 20.4. The van der Waals surface area contributed by atoms with Gasteiger partial charge in [0.05, 0.1) is 13.1 Å². The van der Waals surface area contributed by atoms with Gasteiger partial charge in [-0.25, -0.2) is 0 Å². The van der Waals surface area contributed by atoms with Crippen molar-refractivity contribution < 1.29 is 1.43 Å². The standard InChI is InChI=1S/C26H39N5.H2/c1-16(2)22-15-19(13-14-28-22)23-20-11-9-8-10-12-21(20)29-25(17(3)4)24(23)26(18(5)6)30-31-27-7;/h13-18,26H,8-12H2,1-7H3,(H,27,30);1H. The highest BCUT2D eigenvalue weighted by molar-refractivity contribution is 5.74. The fraction of sp³-hybridized carbons (Fsp3) is 0.615. The lowest BCUT2D eigenvalue weighted by molar-refractivity contribution is 0.406. The fourth-order valence-corrected chi connectivity index (χ4v) is 4.63. The van der Waals surface area contributed by atoms with Gasteiger partial charge in [-0.05, 0) is 72.3 Å². The second kappa shape index (κ2) is 10.3. The number of aromatic nitrogens is 2. The van der Waals surface area contributed by atoms with E-state index in [1.165, 1.54) is 52.9 Å². The summed E-state index contributed by atoms with van der Waals surface area (Å²) in [7, 11) is 1.71. The van der Waals surface area contributed by atoms with Crippen LogP contribution in [0.4, 0.5) is 0 Å². The van der Waals surface area contributed by atoms with Crippen molar-refractivity contribution in [3.63, 3.8) is 0 Å². The summed E-state index contributed by atoms with van der Waals surface area (Å²) in [5.74, 6) is 1.07. The first-order valence-corrected chi connectivity index (χ1v) is 11.9. The fourth-order valence-electron chi connectivity index (χ4n) is 4.63. The molecule has 2 heterocycles. The minimum atomic E-state index is 0. The van der Waals surface area contributed by atoms with Gasteiger partial charge in [-0.3, -0.25) is 15.4 Å². The lowest BCUT2D eigenvalue weighted by atomic mass is 9.81. The van der Waals surface area contributed by atoms with E-state index in [-0.39, 0.29) is 7.47 Å². The average molecular weight is 424 g/mol. The van der Waals surface area contributed by atoms with Gasteiger partial charge in [0.15, 0.2) is 0 Å². The van der Waals surface area contributed by atoms with E-state index >= 15 is 0 Å². The second-order valence-electron chi connectivity index (χ2n) is 9.70. The highest BCUT2D eigenvalue weighted by Crippen LogP contribution is 2.42. The average Bonchev–Trinajstić information content (AvgIpc) is 2.98. The molecule has 0 bridgehead atoms. The molecule has 0 radical (unpaired) electrons. The minimum Gasteiger partial charge on any atom is -0.284 e. The summed E-state index contributed by atoms with van der Waals surface area (Å²) in [6.07, 6.45) is 7.84. The molecule has 170 valence electrons. The predicted octanol–water partition coefficient (Wildman–Crippen LogP) is 7.19. The lowest BCUT2D eigenvalue weighted by Crippen LogP contribution is -2.25. The SMILES string of the molecule is CN=NNC(c1c(C(C)C)nc2c(c1-c1ccnc(C(C)C)c1)CCCCC2)C(C)C.[HH]. The Labute approximate surface area is 189 Å². The third-order valence-corrected chi connectivity index (χ3v) is 6.27. The molecule has 5 heteroatoms. The first kappa shape index (κ1) is 23.4. The zero-order valence-electron chi connectivity index (χ0n) is 20.4. The van der Waals surface area contributed by atoms with Crippen LogP contribution in [0.1, 0.15) is 108 Å². The molecule has 0 saturated heterocycles. The number of hydrogen-bond donors (Lipinski definition) is 1. The molecule has 1 N–H and O–H groups in total. The maximum Gasteiger partial charge on any atom is 0.0753 e. The molecule has 1 aliphatic rings. The molecule has 3 rings (SSSR count). The first-order valence-electron chi connectivity index (χ1n) is 11.9. The van der Waals surface area contributed by atoms with Gasteiger partial charge < -0.3 is 0 Å². The van der Waals surface area contributed by atoms with Gasteiger partial charge in [0, 0.05) is 30.3 Å². The molecule has 1 unspecified atom stereocenters. The van der Waals surface area contributed by atoms with Crippen molar-refractivity contribution in [2.75, 3.05) is 7.05 Å². The van der Waals surface area contributed by atoms with E-state index in [1.54, 1.807) is 7.05 Å². The largest absolute Gasteiger partial charge is 0.284 e. The quantitative estimate of drug-likeness (QED) is 0.291. The number of nitrogens with zero attached hydrogens (tertiary/aromatic N) is 4. The molecule has 0 spiro atoms. The number of nitrogens with one attached hydrogen (secondary N) is 1. The van der Waals surface area contributed by atoms with Crippen LogP contribution in [0.25, 0.3) is 11.1 Å². The van der Waals surface area contributed by atoms with E-state index in [4.69, 9.17) is 4.98 Å². The van der Waals surface area contributed by atoms with E-state index in [0.717, 1.165) is 18.5 Å². The van der Waals surface area contributed by atoms with E-state index in [2.05, 4.69) is 74.4 Å². The molecule has 2 aromatic heterocycles. The zero-order chi connectivity index (χ0) is 22.5. The maximum absolute atomic E-state index is 5.30. The smallest absolute Gasteiger partial charge is 0.0753 e. The highest BCUT2D eigenvalue weighted by atomic mass is 15.4. The van der Waals surface area contributed by atoms with E-state index in [1.807, 2.05) is 6.20 Å². The van der Waals surface area contributed by atoms with Crippen molar-refractivity contribution in [2.45, 2.75) is 91.5 Å². The lowest BCUT2D eigenvalue weighted by Gasteiger charge is -2.30. The Bertz CT molecular complexity index is 921. The molecule has 0 aliphatic heterocycles. The van der Waals surface area contributed by atoms with E-state index in [9.17, 15) is 0 Å². The molecule has 2 aromatic rings. The van der Waals surface area contributed by atoms with Crippen molar-refractivity contribution in [3.8, 4) is 11.1 Å². The van der Waals surface area contributed by atoms with E-state index < -0.39 is 0 Å². The van der Waals surface area contributed by atoms with Crippen LogP contribution in [0, 0.1) is 5.92 Å². The summed E-state index contributed by atoms with van der Waals surface area (Å²) < 4.78 is 0. The van der Waals surface area contributed by atoms with Gasteiger partial charge in [0.1, 0.15) is 0 Å². The Hall–Kier alpha value is -2.30. The Morgan fingerprint density at radius 2 is 1.74 bits per heavy atom. The number of pyridine rings is 2. The van der Waals surface area contributed by atoms with E-state index in [0.29, 0.717) is 17.8 Å². The molecule has 1 aliphatic carbocycles. The van der Waals surface area contributed by atoms with Crippen LogP contribution in [-0.4, -0.2) is 17.0 Å². The van der Waals surface area contributed by atoms with Gasteiger partial charge in [-0.1, -0.05) is 53.2 Å². The summed E-state index contributed by atoms with van der Waals surface area (Å²) in [6.45, 7) is 13.4. The highest BCUT2D eigenvalue weighted by Gasteiger charge is 2.30. The monoisotopic (exact) mass is 423 g/mol. The molecule has 1 atom stereocenters. The van der Waals surface area contributed by atoms with Crippen LogP contribution in [0.15, 0.2) is 28.7 Å². The molecule has 0 fully saturated rings. The second-order valence-corrected chi connectivity index (χ2v) is 9.70. The van der Waals surface area contributed by atoms with Crippen LogP contribution in [0.2, 0.25) is 0 Å². The maximum atomic E-state index is 5.30. The molecular weight excluding hydrogens is 382 g/mol. The van der Waals surface area contributed by atoms with Crippen molar-refractivity contribution in [3.05, 3.63) is 46.5 Å². The van der Waals surface area contributed by atoms with Crippen LogP contribution < -0.4 is 5.43 Å². The number of fused-ring (bicyclic) bond motifs is 1. The van der Waals surface area contributed by atoms with Crippen molar-refractivity contribution in [1.29, 1.82) is 0 Å². The summed E-state index contributed by atoms with van der Waals surface area (Å²) >= 11 is 0. The van der Waals surface area contributed by atoms with Gasteiger partial charge in [-0.2, -0.15) is 5.11 Å². The number of aryl methyl sites for hydroxylation is 1. The van der Waals surface area contributed by atoms with Gasteiger partial charge in [0.2, 0.25) is 0 Å². The molecule has 0 saturated carbocycles. The Morgan fingerprint density at radius 3 is 2.39 bits per heavy atom. The van der Waals surface area contributed by atoms with Crippen molar-refractivity contribution in [2.24, 2.45) is 16.3 Å². The first-order chi connectivity index (χ1) is 14.8. The Balaban J connectivity index is 0.00000363.